The molecule has 0 radical (unpaired) electrons. The number of hydrogen-bond acceptors (Lipinski definition) is 3. The van der Waals surface area contributed by atoms with E-state index in [9.17, 15) is 4.79 Å². The number of amides is 1. The maximum absolute atomic E-state index is 12.0. The second kappa shape index (κ2) is 10.3. The average Bonchev–Trinajstić information content (AvgIpc) is 2.63. The van der Waals surface area contributed by atoms with E-state index in [2.05, 4.69) is 23.1 Å². The monoisotopic (exact) mass is 357 g/mol. The van der Waals surface area contributed by atoms with Crippen molar-refractivity contribution in [3.05, 3.63) is 60.2 Å². The van der Waals surface area contributed by atoms with Crippen LogP contribution in [0.4, 0.5) is 5.69 Å². The lowest BCUT2D eigenvalue weighted by Crippen LogP contribution is -2.44. The lowest BCUT2D eigenvalue weighted by Gasteiger charge is -2.11. The lowest BCUT2D eigenvalue weighted by atomic mass is 10.1. The Hall–Kier alpha value is -2.60. The first kappa shape index (κ1) is 18.7. The van der Waals surface area contributed by atoms with E-state index >= 15 is 0 Å². The second-order valence-electron chi connectivity index (χ2n) is 5.52. The van der Waals surface area contributed by atoms with Gasteiger partial charge in [-0.2, -0.15) is 0 Å². The van der Waals surface area contributed by atoms with Gasteiger partial charge in [0.2, 0.25) is 5.91 Å². The number of benzene rings is 2. The van der Waals surface area contributed by atoms with E-state index in [0.29, 0.717) is 11.7 Å². The van der Waals surface area contributed by atoms with Crippen molar-refractivity contribution in [3.8, 4) is 5.75 Å². The van der Waals surface area contributed by atoms with Crippen LogP contribution < -0.4 is 20.9 Å². The standard InChI is InChI=1S/C19H23N3O2S/c1-2-3-13-24-17-11-9-15(10-12-17)14-18(23)21-22-19(25)20-16-7-5-4-6-8-16/h4-12H,2-3,13-14H2,1H3,(H,21,23)(H2,20,22,25). The number of hydrogen-bond donors (Lipinski definition) is 3. The minimum atomic E-state index is -0.170. The van der Waals surface area contributed by atoms with Gasteiger partial charge in [-0.05, 0) is 48.5 Å². The van der Waals surface area contributed by atoms with Gasteiger partial charge in [-0.25, -0.2) is 0 Å². The van der Waals surface area contributed by atoms with Gasteiger partial charge in [-0.1, -0.05) is 43.7 Å². The van der Waals surface area contributed by atoms with Gasteiger partial charge in [0.05, 0.1) is 13.0 Å². The maximum Gasteiger partial charge on any atom is 0.242 e. The van der Waals surface area contributed by atoms with Crippen LogP contribution >= 0.6 is 12.2 Å². The Kier molecular flexibility index (Phi) is 7.72. The summed E-state index contributed by atoms with van der Waals surface area (Å²) in [5.74, 6) is 0.654. The molecule has 5 nitrogen and oxygen atoms in total. The molecule has 0 aliphatic rings. The highest BCUT2D eigenvalue weighted by Crippen LogP contribution is 2.13. The Bertz CT molecular complexity index is 675. The Morgan fingerprint density at radius 2 is 1.76 bits per heavy atom. The summed E-state index contributed by atoms with van der Waals surface area (Å²) in [7, 11) is 0. The number of para-hydroxylation sites is 1. The van der Waals surface area contributed by atoms with Crippen molar-refractivity contribution in [2.24, 2.45) is 0 Å². The van der Waals surface area contributed by atoms with Gasteiger partial charge in [0.1, 0.15) is 5.75 Å². The Labute approximate surface area is 153 Å². The van der Waals surface area contributed by atoms with Crippen LogP contribution in [0.15, 0.2) is 54.6 Å². The summed E-state index contributed by atoms with van der Waals surface area (Å²) < 4.78 is 5.60. The number of thiocarbonyl (C=S) groups is 1. The Balaban J connectivity index is 1.71. The molecule has 0 aromatic heterocycles. The average molecular weight is 357 g/mol. The smallest absolute Gasteiger partial charge is 0.242 e. The van der Waals surface area contributed by atoms with E-state index in [1.54, 1.807) is 0 Å². The number of hydrazine groups is 1. The number of anilines is 1. The zero-order chi connectivity index (χ0) is 17.9. The third kappa shape index (κ3) is 7.22. The number of ether oxygens (including phenoxy) is 1. The summed E-state index contributed by atoms with van der Waals surface area (Å²) in [6.45, 7) is 2.84. The highest BCUT2D eigenvalue weighted by Gasteiger charge is 2.05. The molecular formula is C19H23N3O2S. The lowest BCUT2D eigenvalue weighted by molar-refractivity contribution is -0.120. The molecule has 25 heavy (non-hydrogen) atoms. The van der Waals surface area contributed by atoms with Crippen LogP contribution in [0.2, 0.25) is 0 Å². The molecule has 0 aliphatic heterocycles. The van der Waals surface area contributed by atoms with E-state index in [1.165, 1.54) is 0 Å². The fraction of sp³-hybridized carbons (Fsp3) is 0.263. The molecule has 132 valence electrons. The molecule has 1 amide bonds. The molecular weight excluding hydrogens is 334 g/mol. The van der Waals surface area contributed by atoms with Crippen LogP contribution in [0.25, 0.3) is 0 Å². The van der Waals surface area contributed by atoms with Gasteiger partial charge < -0.3 is 10.1 Å². The second-order valence-corrected chi connectivity index (χ2v) is 5.92. The fourth-order valence-corrected chi connectivity index (χ4v) is 2.25. The highest BCUT2D eigenvalue weighted by atomic mass is 32.1. The zero-order valence-corrected chi connectivity index (χ0v) is 15.1. The van der Waals surface area contributed by atoms with Crippen molar-refractivity contribution in [3.63, 3.8) is 0 Å². The summed E-state index contributed by atoms with van der Waals surface area (Å²) in [5, 5.41) is 3.31. The summed E-state index contributed by atoms with van der Waals surface area (Å²) >= 11 is 5.13. The molecule has 3 N–H and O–H groups in total. The van der Waals surface area contributed by atoms with Gasteiger partial charge in [-0.15, -0.1) is 0 Å². The highest BCUT2D eigenvalue weighted by molar-refractivity contribution is 7.80. The van der Waals surface area contributed by atoms with Crippen LogP contribution in [0.5, 0.6) is 5.75 Å². The third-order valence-electron chi connectivity index (χ3n) is 3.40. The molecule has 2 aromatic carbocycles. The minimum absolute atomic E-state index is 0.170. The topological polar surface area (TPSA) is 62.4 Å². The Morgan fingerprint density at radius 3 is 2.44 bits per heavy atom. The molecule has 0 fully saturated rings. The summed E-state index contributed by atoms with van der Waals surface area (Å²) in [6, 6.07) is 17.0. The van der Waals surface area contributed by atoms with E-state index < -0.39 is 0 Å². The molecule has 6 heteroatoms. The van der Waals surface area contributed by atoms with Gasteiger partial charge in [-0.3, -0.25) is 15.6 Å². The van der Waals surface area contributed by atoms with Gasteiger partial charge >= 0.3 is 0 Å². The molecule has 0 unspecified atom stereocenters. The SMILES string of the molecule is CCCCOc1ccc(CC(=O)NNC(=S)Nc2ccccc2)cc1. The van der Waals surface area contributed by atoms with Gasteiger partial charge in [0.15, 0.2) is 5.11 Å². The van der Waals surface area contributed by atoms with Crippen molar-refractivity contribution in [1.82, 2.24) is 10.9 Å². The number of carbonyl (C=O) groups is 1. The predicted octanol–water partition coefficient (Wildman–Crippen LogP) is 3.43. The predicted molar refractivity (Wildman–Crippen MR) is 104 cm³/mol. The molecule has 0 saturated heterocycles. The summed E-state index contributed by atoms with van der Waals surface area (Å²) in [6.07, 6.45) is 2.40. The summed E-state index contributed by atoms with van der Waals surface area (Å²) in [4.78, 5) is 12.0. The molecule has 2 rings (SSSR count). The van der Waals surface area contributed by atoms with Gasteiger partial charge in [0.25, 0.3) is 0 Å². The van der Waals surface area contributed by atoms with Gasteiger partial charge in [0, 0.05) is 5.69 Å². The van der Waals surface area contributed by atoms with Crippen molar-refractivity contribution < 1.29 is 9.53 Å². The molecule has 0 heterocycles. The molecule has 0 saturated carbocycles. The van der Waals surface area contributed by atoms with Crippen molar-refractivity contribution >= 4 is 28.9 Å². The van der Waals surface area contributed by atoms with Crippen molar-refractivity contribution in [1.29, 1.82) is 0 Å². The van der Waals surface area contributed by atoms with E-state index in [1.807, 2.05) is 54.6 Å². The molecule has 2 aromatic rings. The van der Waals surface area contributed by atoms with E-state index in [4.69, 9.17) is 17.0 Å². The van der Waals surface area contributed by atoms with Crippen LogP contribution in [-0.2, 0) is 11.2 Å². The van der Waals surface area contributed by atoms with Crippen molar-refractivity contribution in [2.75, 3.05) is 11.9 Å². The molecule has 0 atom stereocenters. The zero-order valence-electron chi connectivity index (χ0n) is 14.2. The fourth-order valence-electron chi connectivity index (χ4n) is 2.08. The van der Waals surface area contributed by atoms with Crippen LogP contribution in [-0.4, -0.2) is 17.6 Å². The quantitative estimate of drug-likeness (QED) is 0.403. The Morgan fingerprint density at radius 1 is 1.04 bits per heavy atom. The largest absolute Gasteiger partial charge is 0.494 e. The molecule has 0 aliphatic carbocycles. The number of rotatable bonds is 7. The first-order valence-corrected chi connectivity index (χ1v) is 8.71. The number of carbonyl (C=O) groups excluding carboxylic acids is 1. The first-order valence-electron chi connectivity index (χ1n) is 8.30. The van der Waals surface area contributed by atoms with Crippen molar-refractivity contribution in [2.45, 2.75) is 26.2 Å². The number of nitrogens with one attached hydrogen (secondary N) is 3. The molecule has 0 bridgehead atoms. The number of unbranched alkanes of at least 4 members (excludes halogenated alkanes) is 1. The molecule has 0 spiro atoms. The van der Waals surface area contributed by atoms with Crippen LogP contribution in [0, 0.1) is 0 Å². The van der Waals surface area contributed by atoms with E-state index in [-0.39, 0.29) is 12.3 Å². The third-order valence-corrected chi connectivity index (χ3v) is 3.61. The minimum Gasteiger partial charge on any atom is -0.494 e. The summed E-state index contributed by atoms with van der Waals surface area (Å²) in [5.41, 5.74) is 7.04. The maximum atomic E-state index is 12.0. The normalized spacial score (nSPS) is 9.96. The van der Waals surface area contributed by atoms with Crippen LogP contribution in [0.3, 0.4) is 0 Å². The first-order chi connectivity index (χ1) is 12.2. The van der Waals surface area contributed by atoms with Crippen LogP contribution in [0.1, 0.15) is 25.3 Å². The van der Waals surface area contributed by atoms with E-state index in [0.717, 1.165) is 29.8 Å².